The van der Waals surface area contributed by atoms with Crippen molar-refractivity contribution in [3.8, 4) is 11.3 Å². The zero-order valence-electron chi connectivity index (χ0n) is 14.0. The van der Waals surface area contributed by atoms with Crippen molar-refractivity contribution in [1.82, 2.24) is 15.0 Å². The fourth-order valence-electron chi connectivity index (χ4n) is 3.52. The zero-order valence-corrected chi connectivity index (χ0v) is 14.0. The summed E-state index contributed by atoms with van der Waals surface area (Å²) in [5, 5.41) is 37.8. The second kappa shape index (κ2) is 7.01. The van der Waals surface area contributed by atoms with Gasteiger partial charge in [0.05, 0.1) is 31.6 Å². The predicted molar refractivity (Wildman–Crippen MR) is 90.3 cm³/mol. The standard InChI is InChI=1S/C18H25N3O3/c1-2-3-13-4-6-14(7-5-13)15-10-21(20-19-15)16-8-18(11-22,12-23)9-17(16)24/h4-7,10,16-17,22-24H,2-3,8-9,11-12H2,1H3/t16-,17-/m1/s1. The minimum Gasteiger partial charge on any atom is -0.396 e. The van der Waals surface area contributed by atoms with Gasteiger partial charge in [0.2, 0.25) is 0 Å². The number of hydrogen-bond donors (Lipinski definition) is 3. The third-order valence-corrected chi connectivity index (χ3v) is 5.04. The van der Waals surface area contributed by atoms with Crippen LogP contribution < -0.4 is 0 Å². The molecular formula is C18H25N3O3. The summed E-state index contributed by atoms with van der Waals surface area (Å²) in [5.41, 5.74) is 2.41. The van der Waals surface area contributed by atoms with E-state index >= 15 is 0 Å². The number of aliphatic hydroxyl groups excluding tert-OH is 3. The van der Waals surface area contributed by atoms with Gasteiger partial charge in [0, 0.05) is 11.0 Å². The average molecular weight is 331 g/mol. The third-order valence-electron chi connectivity index (χ3n) is 5.04. The molecule has 1 saturated carbocycles. The first-order valence-electron chi connectivity index (χ1n) is 8.52. The van der Waals surface area contributed by atoms with E-state index in [-0.39, 0.29) is 19.3 Å². The van der Waals surface area contributed by atoms with Gasteiger partial charge in [-0.1, -0.05) is 42.8 Å². The van der Waals surface area contributed by atoms with Crippen LogP contribution in [0.15, 0.2) is 30.5 Å². The molecular weight excluding hydrogens is 306 g/mol. The molecule has 1 aromatic heterocycles. The van der Waals surface area contributed by atoms with Crippen LogP contribution in [0.2, 0.25) is 0 Å². The number of aromatic nitrogens is 3. The first-order chi connectivity index (χ1) is 11.6. The van der Waals surface area contributed by atoms with Gasteiger partial charge in [0.1, 0.15) is 5.69 Å². The summed E-state index contributed by atoms with van der Waals surface area (Å²) in [4.78, 5) is 0. The molecule has 0 radical (unpaired) electrons. The van der Waals surface area contributed by atoms with Crippen molar-refractivity contribution < 1.29 is 15.3 Å². The lowest BCUT2D eigenvalue weighted by atomic mass is 9.88. The van der Waals surface area contributed by atoms with Crippen LogP contribution >= 0.6 is 0 Å². The first kappa shape index (κ1) is 17.1. The van der Waals surface area contributed by atoms with Gasteiger partial charge in [-0.2, -0.15) is 0 Å². The molecule has 0 saturated heterocycles. The number of nitrogens with zero attached hydrogens (tertiary/aromatic N) is 3. The maximum Gasteiger partial charge on any atom is 0.113 e. The number of benzene rings is 1. The fourth-order valence-corrected chi connectivity index (χ4v) is 3.52. The largest absolute Gasteiger partial charge is 0.396 e. The number of rotatable bonds is 6. The molecule has 2 atom stereocenters. The molecule has 24 heavy (non-hydrogen) atoms. The molecule has 0 spiro atoms. The Hall–Kier alpha value is -1.76. The monoisotopic (exact) mass is 331 g/mol. The fraction of sp³-hybridized carbons (Fsp3) is 0.556. The lowest BCUT2D eigenvalue weighted by Gasteiger charge is -2.23. The Morgan fingerprint density at radius 1 is 1.17 bits per heavy atom. The molecule has 1 aliphatic rings. The van der Waals surface area contributed by atoms with Crippen LogP contribution in [0.1, 0.15) is 37.8 Å². The summed E-state index contributed by atoms with van der Waals surface area (Å²) < 4.78 is 1.66. The van der Waals surface area contributed by atoms with E-state index in [9.17, 15) is 15.3 Å². The molecule has 0 bridgehead atoms. The Morgan fingerprint density at radius 2 is 1.88 bits per heavy atom. The Morgan fingerprint density at radius 3 is 2.46 bits per heavy atom. The molecule has 1 heterocycles. The highest BCUT2D eigenvalue weighted by Crippen LogP contribution is 2.43. The van der Waals surface area contributed by atoms with Crippen LogP contribution in [-0.2, 0) is 6.42 Å². The van der Waals surface area contributed by atoms with Crippen molar-refractivity contribution in [2.75, 3.05) is 13.2 Å². The second-order valence-corrected chi connectivity index (χ2v) is 6.89. The second-order valence-electron chi connectivity index (χ2n) is 6.89. The average Bonchev–Trinajstić information content (AvgIpc) is 3.21. The van der Waals surface area contributed by atoms with E-state index in [1.54, 1.807) is 4.68 Å². The Bertz CT molecular complexity index is 664. The van der Waals surface area contributed by atoms with Crippen LogP contribution in [0.5, 0.6) is 0 Å². The highest BCUT2D eigenvalue weighted by atomic mass is 16.3. The first-order valence-corrected chi connectivity index (χ1v) is 8.52. The number of hydrogen-bond acceptors (Lipinski definition) is 5. The van der Waals surface area contributed by atoms with E-state index in [2.05, 4.69) is 29.4 Å². The Kier molecular flexibility index (Phi) is 4.99. The number of aliphatic hydroxyl groups is 3. The molecule has 1 fully saturated rings. The lowest BCUT2D eigenvalue weighted by Crippen LogP contribution is -2.27. The maximum atomic E-state index is 10.3. The molecule has 6 nitrogen and oxygen atoms in total. The van der Waals surface area contributed by atoms with Crippen LogP contribution in [0, 0.1) is 5.41 Å². The van der Waals surface area contributed by atoms with Gasteiger partial charge in [-0.3, -0.25) is 0 Å². The molecule has 130 valence electrons. The normalized spacial score (nSPS) is 22.8. The van der Waals surface area contributed by atoms with Gasteiger partial charge in [-0.05, 0) is 24.8 Å². The summed E-state index contributed by atoms with van der Waals surface area (Å²) in [7, 11) is 0. The molecule has 3 N–H and O–H groups in total. The van der Waals surface area contributed by atoms with E-state index in [1.807, 2.05) is 18.3 Å². The summed E-state index contributed by atoms with van der Waals surface area (Å²) in [6.45, 7) is 1.88. The highest BCUT2D eigenvalue weighted by Gasteiger charge is 2.45. The topological polar surface area (TPSA) is 91.4 Å². The minimum atomic E-state index is -0.647. The van der Waals surface area contributed by atoms with Gasteiger partial charge >= 0.3 is 0 Å². The summed E-state index contributed by atoms with van der Waals surface area (Å²) in [6, 6.07) is 8.01. The molecule has 0 unspecified atom stereocenters. The van der Waals surface area contributed by atoms with Crippen molar-refractivity contribution in [2.45, 2.75) is 44.8 Å². The highest BCUT2D eigenvalue weighted by molar-refractivity contribution is 5.58. The molecule has 0 aliphatic heterocycles. The Balaban J connectivity index is 1.78. The van der Waals surface area contributed by atoms with Gasteiger partial charge in [0.25, 0.3) is 0 Å². The van der Waals surface area contributed by atoms with Gasteiger partial charge in [-0.15, -0.1) is 5.10 Å². The quantitative estimate of drug-likeness (QED) is 0.747. The summed E-state index contributed by atoms with van der Waals surface area (Å²) >= 11 is 0. The van der Waals surface area contributed by atoms with Crippen LogP contribution in [0.3, 0.4) is 0 Å². The molecule has 6 heteroatoms. The van der Waals surface area contributed by atoms with Crippen molar-refractivity contribution in [2.24, 2.45) is 5.41 Å². The predicted octanol–water partition coefficient (Wildman–Crippen LogP) is 1.56. The van der Waals surface area contributed by atoms with Crippen LogP contribution in [0.4, 0.5) is 0 Å². The molecule has 3 rings (SSSR count). The lowest BCUT2D eigenvalue weighted by molar-refractivity contribution is 0.0466. The smallest absolute Gasteiger partial charge is 0.113 e. The van der Waals surface area contributed by atoms with Crippen molar-refractivity contribution in [3.63, 3.8) is 0 Å². The van der Waals surface area contributed by atoms with Crippen LogP contribution in [0.25, 0.3) is 11.3 Å². The van der Waals surface area contributed by atoms with E-state index in [0.717, 1.165) is 24.1 Å². The SMILES string of the molecule is CCCc1ccc(-c2cn([C@@H]3CC(CO)(CO)C[C@H]3O)nn2)cc1. The molecule has 2 aromatic rings. The zero-order chi connectivity index (χ0) is 17.2. The Labute approximate surface area is 141 Å². The van der Waals surface area contributed by atoms with Crippen LogP contribution in [-0.4, -0.2) is 49.6 Å². The van der Waals surface area contributed by atoms with Crippen molar-refractivity contribution >= 4 is 0 Å². The van der Waals surface area contributed by atoms with E-state index in [0.29, 0.717) is 12.8 Å². The van der Waals surface area contributed by atoms with Gasteiger partial charge in [0.15, 0.2) is 0 Å². The maximum absolute atomic E-state index is 10.3. The van der Waals surface area contributed by atoms with Crippen molar-refractivity contribution in [3.05, 3.63) is 36.0 Å². The van der Waals surface area contributed by atoms with E-state index in [1.165, 1.54) is 5.56 Å². The molecule has 1 aromatic carbocycles. The van der Waals surface area contributed by atoms with Gasteiger partial charge in [-0.25, -0.2) is 4.68 Å². The molecule has 1 aliphatic carbocycles. The number of aryl methyl sites for hydroxylation is 1. The third kappa shape index (κ3) is 3.22. The summed E-state index contributed by atoms with van der Waals surface area (Å²) in [5.74, 6) is 0. The van der Waals surface area contributed by atoms with E-state index < -0.39 is 11.5 Å². The summed E-state index contributed by atoms with van der Waals surface area (Å²) in [6.07, 6.45) is 4.21. The minimum absolute atomic E-state index is 0.141. The van der Waals surface area contributed by atoms with Crippen molar-refractivity contribution in [1.29, 1.82) is 0 Å². The molecule has 0 amide bonds. The van der Waals surface area contributed by atoms with Gasteiger partial charge < -0.3 is 15.3 Å². The van der Waals surface area contributed by atoms with E-state index in [4.69, 9.17) is 0 Å².